The molecule has 0 spiro atoms. The fourth-order valence-corrected chi connectivity index (χ4v) is 4.43. The van der Waals surface area contributed by atoms with E-state index in [9.17, 15) is 14.4 Å². The number of halogens is 2. The Labute approximate surface area is 200 Å². The van der Waals surface area contributed by atoms with Gasteiger partial charge in [0, 0.05) is 16.5 Å². The lowest BCUT2D eigenvalue weighted by Gasteiger charge is -2.24. The molecule has 6 nitrogen and oxygen atoms in total. The minimum Gasteiger partial charge on any atom is -0.295 e. The number of anilines is 1. The third kappa shape index (κ3) is 3.92. The minimum absolute atomic E-state index is 0.199. The summed E-state index contributed by atoms with van der Waals surface area (Å²) in [6.45, 7) is -0.311. The first-order valence-electron chi connectivity index (χ1n) is 10.3. The molecule has 2 amide bonds. The van der Waals surface area contributed by atoms with Gasteiger partial charge in [0.05, 0.1) is 23.0 Å². The van der Waals surface area contributed by atoms with Gasteiger partial charge in [-0.25, -0.2) is 5.01 Å². The number of Topliss-reactive ketones (excluding diaryl/α,β-unsaturated/α-hetero) is 1. The summed E-state index contributed by atoms with van der Waals surface area (Å²) < 4.78 is 0. The zero-order valence-corrected chi connectivity index (χ0v) is 18.8. The first-order valence-corrected chi connectivity index (χ1v) is 11.0. The van der Waals surface area contributed by atoms with E-state index in [0.717, 1.165) is 16.8 Å². The van der Waals surface area contributed by atoms with E-state index in [2.05, 4.69) is 5.10 Å². The van der Waals surface area contributed by atoms with E-state index in [1.807, 2.05) is 42.5 Å². The van der Waals surface area contributed by atoms with Crippen molar-refractivity contribution in [3.63, 3.8) is 0 Å². The van der Waals surface area contributed by atoms with Crippen LogP contribution in [0.5, 0.6) is 0 Å². The number of hydrazone groups is 1. The molecular formula is C25H17Cl2N3O3. The van der Waals surface area contributed by atoms with Gasteiger partial charge in [-0.15, -0.1) is 0 Å². The van der Waals surface area contributed by atoms with Crippen LogP contribution >= 0.6 is 23.2 Å². The molecule has 3 aromatic carbocycles. The van der Waals surface area contributed by atoms with Crippen molar-refractivity contribution in [1.82, 2.24) is 5.01 Å². The molecule has 0 saturated heterocycles. The molecule has 1 atom stereocenters. The van der Waals surface area contributed by atoms with E-state index in [1.165, 1.54) is 16.0 Å². The number of amides is 2. The van der Waals surface area contributed by atoms with Gasteiger partial charge >= 0.3 is 0 Å². The van der Waals surface area contributed by atoms with Crippen molar-refractivity contribution in [3.05, 3.63) is 99.5 Å². The summed E-state index contributed by atoms with van der Waals surface area (Å²) >= 11 is 12.0. The molecule has 2 aliphatic heterocycles. The SMILES string of the molecule is O=C1C(=O)N(CC(=O)N2N=C(c3ccccc3)CC2c2ccc(Cl)cc2)c2ccc(Cl)cc21. The molecule has 0 saturated carbocycles. The van der Waals surface area contributed by atoms with E-state index >= 15 is 0 Å². The van der Waals surface area contributed by atoms with Crippen molar-refractivity contribution < 1.29 is 14.4 Å². The maximum Gasteiger partial charge on any atom is 0.299 e. The van der Waals surface area contributed by atoms with Crippen LogP contribution in [0.3, 0.4) is 0 Å². The van der Waals surface area contributed by atoms with Gasteiger partial charge in [-0.05, 0) is 41.5 Å². The van der Waals surface area contributed by atoms with E-state index in [4.69, 9.17) is 23.2 Å². The second-order valence-electron chi connectivity index (χ2n) is 7.80. The Bertz CT molecular complexity index is 1310. The number of hydrogen-bond donors (Lipinski definition) is 0. The number of carbonyl (C=O) groups excluding carboxylic acids is 3. The molecule has 0 radical (unpaired) electrons. The van der Waals surface area contributed by atoms with Gasteiger partial charge in [-0.2, -0.15) is 5.10 Å². The Hall–Kier alpha value is -3.48. The van der Waals surface area contributed by atoms with Crippen LogP contribution in [0, 0.1) is 0 Å². The predicted octanol–water partition coefficient (Wildman–Crippen LogP) is 4.90. The average molecular weight is 478 g/mol. The van der Waals surface area contributed by atoms with E-state index in [0.29, 0.717) is 22.2 Å². The van der Waals surface area contributed by atoms with Crippen LogP contribution in [0.15, 0.2) is 77.9 Å². The van der Waals surface area contributed by atoms with Crippen LogP contribution < -0.4 is 4.90 Å². The second-order valence-corrected chi connectivity index (χ2v) is 8.68. The first-order chi connectivity index (χ1) is 15.9. The Balaban J connectivity index is 1.47. The molecule has 0 aromatic heterocycles. The van der Waals surface area contributed by atoms with Crippen molar-refractivity contribution in [2.45, 2.75) is 12.5 Å². The highest BCUT2D eigenvalue weighted by molar-refractivity contribution is 6.53. The summed E-state index contributed by atoms with van der Waals surface area (Å²) in [6, 6.07) is 21.1. The zero-order chi connectivity index (χ0) is 23.1. The fraction of sp³-hybridized carbons (Fsp3) is 0.120. The van der Waals surface area contributed by atoms with Crippen molar-refractivity contribution in [3.8, 4) is 0 Å². The van der Waals surface area contributed by atoms with Crippen LogP contribution in [0.2, 0.25) is 10.0 Å². The lowest BCUT2D eigenvalue weighted by molar-refractivity contribution is -0.132. The van der Waals surface area contributed by atoms with Gasteiger partial charge < -0.3 is 0 Å². The van der Waals surface area contributed by atoms with Crippen molar-refractivity contribution in [1.29, 1.82) is 0 Å². The summed E-state index contributed by atoms with van der Waals surface area (Å²) in [5.41, 5.74) is 3.12. The summed E-state index contributed by atoms with van der Waals surface area (Å²) in [5.74, 6) is -1.83. The van der Waals surface area contributed by atoms with Crippen LogP contribution in [-0.4, -0.2) is 34.9 Å². The van der Waals surface area contributed by atoms with Gasteiger partial charge in [-0.3, -0.25) is 19.3 Å². The number of hydrogen-bond acceptors (Lipinski definition) is 4. The molecule has 0 fully saturated rings. The van der Waals surface area contributed by atoms with Gasteiger partial charge in [0.2, 0.25) is 0 Å². The van der Waals surface area contributed by atoms with Crippen LogP contribution in [-0.2, 0) is 9.59 Å². The zero-order valence-electron chi connectivity index (χ0n) is 17.2. The third-order valence-electron chi connectivity index (χ3n) is 5.75. The fourth-order valence-electron chi connectivity index (χ4n) is 4.13. The van der Waals surface area contributed by atoms with Crippen molar-refractivity contribution in [2.75, 3.05) is 11.4 Å². The summed E-state index contributed by atoms with van der Waals surface area (Å²) in [5, 5.41) is 6.96. The monoisotopic (exact) mass is 477 g/mol. The molecule has 0 aliphatic carbocycles. The highest BCUT2D eigenvalue weighted by atomic mass is 35.5. The van der Waals surface area contributed by atoms with Crippen molar-refractivity contribution in [2.24, 2.45) is 5.10 Å². The molecule has 8 heteroatoms. The molecule has 164 valence electrons. The number of nitrogens with zero attached hydrogens (tertiary/aromatic N) is 3. The quantitative estimate of drug-likeness (QED) is 0.501. The first kappa shape index (κ1) is 21.4. The lowest BCUT2D eigenvalue weighted by atomic mass is 9.98. The number of carbonyl (C=O) groups is 3. The topological polar surface area (TPSA) is 70.1 Å². The molecule has 0 bridgehead atoms. The summed E-state index contributed by atoms with van der Waals surface area (Å²) in [6.07, 6.45) is 0.510. The highest BCUT2D eigenvalue weighted by Crippen LogP contribution is 2.35. The Morgan fingerprint density at radius 1 is 0.939 bits per heavy atom. The van der Waals surface area contributed by atoms with E-state index < -0.39 is 17.6 Å². The van der Waals surface area contributed by atoms with E-state index in [1.54, 1.807) is 24.3 Å². The molecule has 3 aromatic rings. The van der Waals surface area contributed by atoms with Gasteiger partial charge in [0.15, 0.2) is 0 Å². The largest absolute Gasteiger partial charge is 0.299 e. The van der Waals surface area contributed by atoms with Crippen LogP contribution in [0.4, 0.5) is 5.69 Å². The number of ketones is 1. The highest BCUT2D eigenvalue weighted by Gasteiger charge is 2.40. The lowest BCUT2D eigenvalue weighted by Crippen LogP contribution is -2.40. The normalized spacial score (nSPS) is 17.4. The standard InChI is InChI=1S/C25H17Cl2N3O3/c26-17-8-6-16(7-9-17)22-13-20(15-4-2-1-3-5-15)28-30(22)23(31)14-29-21-11-10-18(27)12-19(21)24(32)25(29)33/h1-12,22H,13-14H2. The Morgan fingerprint density at radius 2 is 1.64 bits per heavy atom. The Kier molecular flexibility index (Phi) is 5.48. The molecule has 0 N–H and O–H groups in total. The number of rotatable bonds is 4. The molecule has 5 rings (SSSR count). The van der Waals surface area contributed by atoms with E-state index in [-0.39, 0.29) is 18.2 Å². The third-order valence-corrected chi connectivity index (χ3v) is 6.24. The maximum atomic E-state index is 13.4. The maximum absolute atomic E-state index is 13.4. The van der Waals surface area contributed by atoms with Gasteiger partial charge in [0.1, 0.15) is 6.54 Å². The predicted molar refractivity (Wildman–Crippen MR) is 127 cm³/mol. The van der Waals surface area contributed by atoms with Crippen LogP contribution in [0.1, 0.15) is 33.9 Å². The minimum atomic E-state index is -0.755. The number of benzene rings is 3. The molecule has 2 heterocycles. The molecule has 33 heavy (non-hydrogen) atoms. The van der Waals surface area contributed by atoms with Crippen molar-refractivity contribution >= 4 is 52.2 Å². The van der Waals surface area contributed by atoms with Gasteiger partial charge in [-0.1, -0.05) is 65.7 Å². The summed E-state index contributed by atoms with van der Waals surface area (Å²) in [7, 11) is 0. The Morgan fingerprint density at radius 3 is 2.36 bits per heavy atom. The average Bonchev–Trinajstić information content (AvgIpc) is 3.37. The summed E-state index contributed by atoms with van der Waals surface area (Å²) in [4.78, 5) is 39.6. The molecule has 2 aliphatic rings. The molecular weight excluding hydrogens is 461 g/mol. The number of fused-ring (bicyclic) bond motifs is 1. The van der Waals surface area contributed by atoms with Gasteiger partial charge in [0.25, 0.3) is 17.6 Å². The smallest absolute Gasteiger partial charge is 0.295 e. The van der Waals surface area contributed by atoms with Crippen LogP contribution in [0.25, 0.3) is 0 Å². The second kappa shape index (κ2) is 8.46. The molecule has 1 unspecified atom stereocenters.